The molecule has 1 rings (SSSR count). The lowest BCUT2D eigenvalue weighted by Crippen LogP contribution is -2.26. The van der Waals surface area contributed by atoms with E-state index >= 15 is 0 Å². The first kappa shape index (κ1) is 15.1. The van der Waals surface area contributed by atoms with E-state index in [1.54, 1.807) is 5.32 Å². The molecule has 104 valence electrons. The zero-order chi connectivity index (χ0) is 14.7. The number of benzene rings is 1. The molecule has 1 N–H and O–H groups in total. The average Bonchev–Trinajstić information content (AvgIpc) is 2.27. The molecule has 0 saturated carbocycles. The Morgan fingerprint density at radius 1 is 0.947 bits per heavy atom. The fourth-order valence-corrected chi connectivity index (χ4v) is 1.08. The standard InChI is InChI=1S/C11H7F6NO/c12-10(13,14)8(6-9(19)11(15,16)17)18-7-4-2-1-3-5-7/h1-6,18H/b8-6+. The van der Waals surface area contributed by atoms with Crippen molar-refractivity contribution < 1.29 is 31.1 Å². The molecule has 0 unspecified atom stereocenters. The van der Waals surface area contributed by atoms with Crippen LogP contribution in [-0.2, 0) is 4.79 Å². The lowest BCUT2D eigenvalue weighted by Gasteiger charge is -2.14. The molecule has 0 atom stereocenters. The van der Waals surface area contributed by atoms with Crippen molar-refractivity contribution in [1.82, 2.24) is 0 Å². The number of carbonyl (C=O) groups is 1. The molecular formula is C11H7F6NO. The fraction of sp³-hybridized carbons (Fsp3) is 0.182. The molecule has 0 bridgehead atoms. The van der Waals surface area contributed by atoms with Crippen molar-refractivity contribution in [3.63, 3.8) is 0 Å². The number of para-hydroxylation sites is 1. The van der Waals surface area contributed by atoms with Gasteiger partial charge >= 0.3 is 12.4 Å². The van der Waals surface area contributed by atoms with Crippen LogP contribution in [0.3, 0.4) is 0 Å². The summed E-state index contributed by atoms with van der Waals surface area (Å²) in [6, 6.07) is 6.74. The highest BCUT2D eigenvalue weighted by molar-refractivity contribution is 5.95. The third-order valence-corrected chi connectivity index (χ3v) is 1.91. The first-order valence-electron chi connectivity index (χ1n) is 4.83. The van der Waals surface area contributed by atoms with Crippen LogP contribution in [0.2, 0.25) is 0 Å². The summed E-state index contributed by atoms with van der Waals surface area (Å²) in [5, 5.41) is 1.74. The van der Waals surface area contributed by atoms with Gasteiger partial charge in [0.2, 0.25) is 0 Å². The lowest BCUT2D eigenvalue weighted by atomic mass is 10.2. The Hall–Kier alpha value is -1.99. The summed E-state index contributed by atoms with van der Waals surface area (Å²) in [7, 11) is 0. The van der Waals surface area contributed by atoms with E-state index in [2.05, 4.69) is 0 Å². The highest BCUT2D eigenvalue weighted by Gasteiger charge is 2.41. The van der Waals surface area contributed by atoms with Gasteiger partial charge in [-0.15, -0.1) is 0 Å². The summed E-state index contributed by atoms with van der Waals surface area (Å²) in [5.41, 5.74) is -1.86. The van der Waals surface area contributed by atoms with Crippen LogP contribution in [0.5, 0.6) is 0 Å². The topological polar surface area (TPSA) is 29.1 Å². The summed E-state index contributed by atoms with van der Waals surface area (Å²) < 4.78 is 73.4. The Bertz CT molecular complexity index is 474. The summed E-state index contributed by atoms with van der Waals surface area (Å²) in [6.07, 6.45) is -11.0. The van der Waals surface area contributed by atoms with E-state index in [9.17, 15) is 31.1 Å². The van der Waals surface area contributed by atoms with Crippen molar-refractivity contribution in [1.29, 1.82) is 0 Å². The van der Waals surface area contributed by atoms with Crippen molar-refractivity contribution in [2.24, 2.45) is 0 Å². The van der Waals surface area contributed by atoms with Crippen LogP contribution >= 0.6 is 0 Å². The van der Waals surface area contributed by atoms with Crippen LogP contribution in [0.1, 0.15) is 0 Å². The van der Waals surface area contributed by atoms with Gasteiger partial charge in [-0.1, -0.05) is 18.2 Å². The van der Waals surface area contributed by atoms with Gasteiger partial charge in [0.25, 0.3) is 5.78 Å². The smallest absolute Gasteiger partial charge is 0.351 e. The summed E-state index contributed by atoms with van der Waals surface area (Å²) in [4.78, 5) is 10.6. The van der Waals surface area contributed by atoms with Gasteiger partial charge in [0.1, 0.15) is 5.70 Å². The van der Waals surface area contributed by atoms with E-state index in [4.69, 9.17) is 0 Å². The zero-order valence-electron chi connectivity index (χ0n) is 9.14. The second-order valence-electron chi connectivity index (χ2n) is 3.41. The number of nitrogens with one attached hydrogen (secondary N) is 1. The molecule has 0 spiro atoms. The van der Waals surface area contributed by atoms with Crippen molar-refractivity contribution >= 4 is 11.5 Å². The Balaban J connectivity index is 3.04. The summed E-state index contributed by atoms with van der Waals surface area (Å²) in [5.74, 6) is -2.58. The fourth-order valence-electron chi connectivity index (χ4n) is 1.08. The molecule has 1 aromatic carbocycles. The minimum absolute atomic E-state index is 0.0824. The van der Waals surface area contributed by atoms with Gasteiger partial charge in [-0.2, -0.15) is 26.3 Å². The second-order valence-corrected chi connectivity index (χ2v) is 3.41. The highest BCUT2D eigenvalue weighted by Crippen LogP contribution is 2.28. The SMILES string of the molecule is O=C(/C=C(/Nc1ccccc1)C(F)(F)F)C(F)(F)F. The molecule has 0 aliphatic heterocycles. The minimum Gasteiger partial charge on any atom is -0.351 e. The Morgan fingerprint density at radius 2 is 1.47 bits per heavy atom. The van der Waals surface area contributed by atoms with Crippen molar-refractivity contribution in [2.75, 3.05) is 5.32 Å². The second kappa shape index (κ2) is 5.33. The van der Waals surface area contributed by atoms with E-state index in [1.165, 1.54) is 30.3 Å². The number of ketones is 1. The molecule has 19 heavy (non-hydrogen) atoms. The first-order chi connectivity index (χ1) is 8.60. The van der Waals surface area contributed by atoms with E-state index in [-0.39, 0.29) is 5.69 Å². The molecule has 0 amide bonds. The van der Waals surface area contributed by atoms with E-state index in [1.807, 2.05) is 0 Å². The molecular weight excluding hydrogens is 276 g/mol. The molecule has 0 fully saturated rings. The summed E-state index contributed by atoms with van der Waals surface area (Å²) in [6.45, 7) is 0. The van der Waals surface area contributed by atoms with Crippen molar-refractivity contribution in [3.8, 4) is 0 Å². The lowest BCUT2D eigenvalue weighted by molar-refractivity contribution is -0.165. The maximum absolute atomic E-state index is 12.5. The Kier molecular flexibility index (Phi) is 4.23. The molecule has 1 aromatic rings. The summed E-state index contributed by atoms with van der Waals surface area (Å²) >= 11 is 0. The maximum atomic E-state index is 12.5. The Morgan fingerprint density at radius 3 is 1.89 bits per heavy atom. The third-order valence-electron chi connectivity index (χ3n) is 1.91. The predicted octanol–water partition coefficient (Wildman–Crippen LogP) is 3.68. The van der Waals surface area contributed by atoms with Crippen LogP contribution in [-0.4, -0.2) is 18.1 Å². The van der Waals surface area contributed by atoms with Crippen LogP contribution in [0.25, 0.3) is 0 Å². The maximum Gasteiger partial charge on any atom is 0.454 e. The molecule has 0 aromatic heterocycles. The molecule has 8 heteroatoms. The molecule has 0 aliphatic rings. The normalized spacial score (nSPS) is 13.3. The molecule has 0 heterocycles. The monoisotopic (exact) mass is 283 g/mol. The van der Waals surface area contributed by atoms with Gasteiger partial charge in [0.05, 0.1) is 0 Å². The van der Waals surface area contributed by atoms with E-state index in [0.29, 0.717) is 0 Å². The number of rotatable bonds is 3. The Labute approximate surface area is 103 Å². The van der Waals surface area contributed by atoms with Gasteiger partial charge in [-0.05, 0) is 12.1 Å². The number of alkyl halides is 6. The van der Waals surface area contributed by atoms with Gasteiger partial charge < -0.3 is 5.32 Å². The van der Waals surface area contributed by atoms with Crippen LogP contribution in [0, 0.1) is 0 Å². The number of anilines is 1. The van der Waals surface area contributed by atoms with Crippen LogP contribution in [0.4, 0.5) is 32.0 Å². The largest absolute Gasteiger partial charge is 0.454 e. The highest BCUT2D eigenvalue weighted by atomic mass is 19.4. The van der Waals surface area contributed by atoms with Crippen LogP contribution < -0.4 is 5.32 Å². The number of hydrogen-bond acceptors (Lipinski definition) is 2. The number of halogens is 6. The van der Waals surface area contributed by atoms with E-state index in [0.717, 1.165) is 0 Å². The molecule has 2 nitrogen and oxygen atoms in total. The van der Waals surface area contributed by atoms with Gasteiger partial charge in [0.15, 0.2) is 0 Å². The third kappa shape index (κ3) is 4.65. The molecule has 0 saturated heterocycles. The quantitative estimate of drug-likeness (QED) is 0.677. The first-order valence-corrected chi connectivity index (χ1v) is 4.83. The predicted molar refractivity (Wildman–Crippen MR) is 55.3 cm³/mol. The van der Waals surface area contributed by atoms with Gasteiger partial charge in [-0.25, -0.2) is 0 Å². The van der Waals surface area contributed by atoms with E-state index < -0.39 is 29.9 Å². The molecule has 0 aliphatic carbocycles. The van der Waals surface area contributed by atoms with Gasteiger partial charge in [-0.3, -0.25) is 4.79 Å². The molecule has 0 radical (unpaired) electrons. The number of allylic oxidation sites excluding steroid dienone is 2. The average molecular weight is 283 g/mol. The van der Waals surface area contributed by atoms with Crippen molar-refractivity contribution in [3.05, 3.63) is 42.1 Å². The van der Waals surface area contributed by atoms with Crippen molar-refractivity contribution in [2.45, 2.75) is 12.4 Å². The number of hydrogen-bond donors (Lipinski definition) is 1. The zero-order valence-corrected chi connectivity index (χ0v) is 9.14. The van der Waals surface area contributed by atoms with Crippen LogP contribution in [0.15, 0.2) is 42.1 Å². The minimum atomic E-state index is -5.35. The van der Waals surface area contributed by atoms with Gasteiger partial charge in [0, 0.05) is 11.8 Å². The number of carbonyl (C=O) groups excluding carboxylic acids is 1.